The molecule has 5 heteroatoms. The van der Waals surface area contributed by atoms with E-state index in [1.807, 2.05) is 24.3 Å². The molecule has 17 heavy (non-hydrogen) atoms. The molecule has 2 N–H and O–H groups in total. The van der Waals surface area contributed by atoms with Gasteiger partial charge in [0, 0.05) is 25.6 Å². The van der Waals surface area contributed by atoms with Gasteiger partial charge in [-0.1, -0.05) is 12.1 Å². The zero-order valence-electron chi connectivity index (χ0n) is 9.69. The summed E-state index contributed by atoms with van der Waals surface area (Å²) >= 11 is 3.98. The first-order valence-corrected chi connectivity index (χ1v) is 5.99. The summed E-state index contributed by atoms with van der Waals surface area (Å²) in [6.45, 7) is 1.96. The Kier molecular flexibility index (Phi) is 5.56. The lowest BCUT2D eigenvalue weighted by Gasteiger charge is -2.06. The van der Waals surface area contributed by atoms with Crippen molar-refractivity contribution in [2.24, 2.45) is 0 Å². The van der Waals surface area contributed by atoms with Crippen LogP contribution < -0.4 is 10.6 Å². The average Bonchev–Trinajstić information content (AvgIpc) is 2.28. The van der Waals surface area contributed by atoms with Gasteiger partial charge in [-0.25, -0.2) is 0 Å². The van der Waals surface area contributed by atoms with E-state index in [-0.39, 0.29) is 11.8 Å². The Balaban J connectivity index is 2.45. The maximum atomic E-state index is 11.2. The molecule has 0 bridgehead atoms. The quantitative estimate of drug-likeness (QED) is 0.697. The molecule has 2 amide bonds. The van der Waals surface area contributed by atoms with Crippen LogP contribution in [0.4, 0.5) is 5.69 Å². The molecule has 0 aliphatic heterocycles. The summed E-state index contributed by atoms with van der Waals surface area (Å²) in [5, 5.41) is 5.47. The molecular formula is C12H16N2O2S. The van der Waals surface area contributed by atoms with Crippen LogP contribution in [0.25, 0.3) is 0 Å². The Hall–Kier alpha value is -1.49. The van der Waals surface area contributed by atoms with E-state index in [1.165, 1.54) is 6.92 Å². The number of nitrogens with one attached hydrogen (secondary N) is 2. The Morgan fingerprint density at radius 3 is 2.41 bits per heavy atom. The fourth-order valence-corrected chi connectivity index (χ4v) is 1.50. The first-order valence-electron chi connectivity index (χ1n) is 5.36. The molecule has 1 aromatic carbocycles. The van der Waals surface area contributed by atoms with Gasteiger partial charge in [0.05, 0.1) is 0 Å². The maximum absolute atomic E-state index is 11.2. The Labute approximate surface area is 106 Å². The van der Waals surface area contributed by atoms with Crippen molar-refractivity contribution in [3.05, 3.63) is 29.8 Å². The fourth-order valence-electron chi connectivity index (χ4n) is 1.30. The number of hydrogen-bond donors (Lipinski definition) is 3. The second-order valence-corrected chi connectivity index (χ2v) is 4.08. The molecule has 0 fully saturated rings. The molecule has 1 aromatic rings. The van der Waals surface area contributed by atoms with Crippen LogP contribution in [0.5, 0.6) is 0 Å². The molecule has 0 aliphatic carbocycles. The van der Waals surface area contributed by atoms with E-state index >= 15 is 0 Å². The Morgan fingerprint density at radius 1 is 1.24 bits per heavy atom. The van der Waals surface area contributed by atoms with Crippen molar-refractivity contribution < 1.29 is 9.59 Å². The van der Waals surface area contributed by atoms with Crippen molar-refractivity contribution in [1.82, 2.24) is 5.32 Å². The number of carbonyl (C=O) groups is 2. The highest BCUT2D eigenvalue weighted by atomic mass is 32.1. The van der Waals surface area contributed by atoms with E-state index in [1.54, 1.807) is 0 Å². The molecule has 0 radical (unpaired) electrons. The smallest absolute Gasteiger partial charge is 0.221 e. The van der Waals surface area contributed by atoms with E-state index in [2.05, 4.69) is 23.3 Å². The predicted molar refractivity (Wildman–Crippen MR) is 71.1 cm³/mol. The minimum Gasteiger partial charge on any atom is -0.352 e. The summed E-state index contributed by atoms with van der Waals surface area (Å²) in [7, 11) is 0. The highest BCUT2D eigenvalue weighted by Crippen LogP contribution is 2.09. The molecule has 4 nitrogen and oxygen atoms in total. The van der Waals surface area contributed by atoms with Crippen molar-refractivity contribution in [1.29, 1.82) is 0 Å². The monoisotopic (exact) mass is 252 g/mol. The summed E-state index contributed by atoms with van der Waals surface area (Å²) in [4.78, 5) is 22.0. The maximum Gasteiger partial charge on any atom is 0.221 e. The molecule has 92 valence electrons. The predicted octanol–water partition coefficient (Wildman–Crippen LogP) is 1.58. The zero-order chi connectivity index (χ0) is 12.7. The molecule has 0 spiro atoms. The van der Waals surface area contributed by atoms with Crippen molar-refractivity contribution in [2.45, 2.75) is 19.9 Å². The van der Waals surface area contributed by atoms with Crippen LogP contribution in [0.2, 0.25) is 0 Å². The molecular weight excluding hydrogens is 236 g/mol. The van der Waals surface area contributed by atoms with Gasteiger partial charge in [-0.3, -0.25) is 9.59 Å². The van der Waals surface area contributed by atoms with Gasteiger partial charge >= 0.3 is 0 Å². The largest absolute Gasteiger partial charge is 0.352 e. The van der Waals surface area contributed by atoms with Crippen LogP contribution in [-0.2, 0) is 16.1 Å². The van der Waals surface area contributed by atoms with Crippen LogP contribution in [0, 0.1) is 0 Å². The number of anilines is 1. The van der Waals surface area contributed by atoms with Gasteiger partial charge in [-0.15, -0.1) is 0 Å². The number of thiol groups is 1. The van der Waals surface area contributed by atoms with Gasteiger partial charge in [0.25, 0.3) is 0 Å². The van der Waals surface area contributed by atoms with Gasteiger partial charge in [0.1, 0.15) is 0 Å². The van der Waals surface area contributed by atoms with Gasteiger partial charge in [-0.05, 0) is 23.4 Å². The third kappa shape index (κ3) is 5.40. The van der Waals surface area contributed by atoms with Gasteiger partial charge < -0.3 is 10.6 Å². The van der Waals surface area contributed by atoms with E-state index < -0.39 is 0 Å². The first kappa shape index (κ1) is 13.6. The second kappa shape index (κ2) is 6.96. The number of carbonyl (C=O) groups excluding carboxylic acids is 2. The Bertz CT molecular complexity index is 390. The SMILES string of the molecule is CC(=O)Nc1ccc(CNC(=O)CCS)cc1. The number of hydrogen-bond acceptors (Lipinski definition) is 3. The van der Waals surface area contributed by atoms with Crippen molar-refractivity contribution in [2.75, 3.05) is 11.1 Å². The van der Waals surface area contributed by atoms with Gasteiger partial charge in [0.2, 0.25) is 11.8 Å². The molecule has 0 saturated heterocycles. The molecule has 0 saturated carbocycles. The number of amides is 2. The second-order valence-electron chi connectivity index (χ2n) is 3.63. The highest BCUT2D eigenvalue weighted by molar-refractivity contribution is 7.80. The highest BCUT2D eigenvalue weighted by Gasteiger charge is 2.00. The van der Waals surface area contributed by atoms with E-state index in [9.17, 15) is 9.59 Å². The van der Waals surface area contributed by atoms with Crippen LogP contribution in [0.3, 0.4) is 0 Å². The minimum atomic E-state index is -0.0974. The zero-order valence-corrected chi connectivity index (χ0v) is 10.6. The summed E-state index contributed by atoms with van der Waals surface area (Å²) < 4.78 is 0. The van der Waals surface area contributed by atoms with E-state index in [4.69, 9.17) is 0 Å². The minimum absolute atomic E-state index is 0.00839. The summed E-state index contributed by atoms with van der Waals surface area (Å²) in [6, 6.07) is 7.35. The summed E-state index contributed by atoms with van der Waals surface area (Å²) in [5.74, 6) is 0.443. The van der Waals surface area contributed by atoms with Crippen LogP contribution in [0.15, 0.2) is 24.3 Å². The third-order valence-corrected chi connectivity index (χ3v) is 2.33. The summed E-state index contributed by atoms with van der Waals surface area (Å²) in [5.41, 5.74) is 1.74. The Morgan fingerprint density at radius 2 is 1.88 bits per heavy atom. The topological polar surface area (TPSA) is 58.2 Å². The third-order valence-electron chi connectivity index (χ3n) is 2.10. The lowest BCUT2D eigenvalue weighted by molar-refractivity contribution is -0.120. The van der Waals surface area contributed by atoms with Crippen molar-refractivity contribution in [3.63, 3.8) is 0 Å². The summed E-state index contributed by atoms with van der Waals surface area (Å²) in [6.07, 6.45) is 0.424. The van der Waals surface area contributed by atoms with Gasteiger partial charge in [0.15, 0.2) is 0 Å². The fraction of sp³-hybridized carbons (Fsp3) is 0.333. The molecule has 0 aliphatic rings. The van der Waals surface area contributed by atoms with Gasteiger partial charge in [-0.2, -0.15) is 12.6 Å². The van der Waals surface area contributed by atoms with E-state index in [0.29, 0.717) is 18.7 Å². The standard InChI is InChI=1S/C12H16N2O2S/c1-9(15)14-11-4-2-10(3-5-11)8-13-12(16)6-7-17/h2-5,17H,6-8H2,1H3,(H,13,16)(H,14,15). The van der Waals surface area contributed by atoms with Crippen molar-refractivity contribution in [3.8, 4) is 0 Å². The van der Waals surface area contributed by atoms with E-state index in [0.717, 1.165) is 11.3 Å². The van der Waals surface area contributed by atoms with Crippen LogP contribution in [0.1, 0.15) is 18.9 Å². The number of rotatable bonds is 5. The molecule has 1 rings (SSSR count). The lowest BCUT2D eigenvalue weighted by Crippen LogP contribution is -2.22. The van der Waals surface area contributed by atoms with Crippen LogP contribution in [-0.4, -0.2) is 17.6 Å². The number of benzene rings is 1. The lowest BCUT2D eigenvalue weighted by atomic mass is 10.2. The van der Waals surface area contributed by atoms with Crippen LogP contribution >= 0.6 is 12.6 Å². The normalized spacial score (nSPS) is 9.76. The molecule has 0 unspecified atom stereocenters. The van der Waals surface area contributed by atoms with Crippen molar-refractivity contribution >= 4 is 30.1 Å². The molecule has 0 atom stereocenters. The molecule has 0 heterocycles. The first-order chi connectivity index (χ1) is 8.11. The average molecular weight is 252 g/mol. The molecule has 0 aromatic heterocycles.